The number of carboxylic acid groups (broad SMARTS) is 1. The molecule has 50 heavy (non-hydrogen) atoms. The highest BCUT2D eigenvalue weighted by atomic mass is 31.2. The van der Waals surface area contributed by atoms with Gasteiger partial charge in [0, 0.05) is 13.0 Å². The van der Waals surface area contributed by atoms with E-state index in [4.69, 9.17) is 29.4 Å². The fourth-order valence-corrected chi connectivity index (χ4v) is 5.92. The summed E-state index contributed by atoms with van der Waals surface area (Å²) < 4.78 is 33.2. The summed E-state index contributed by atoms with van der Waals surface area (Å²) >= 11 is 0. The maximum Gasteiger partial charge on any atom is 0.472 e. The number of allylic oxidation sites excluding steroid dienone is 6. The van der Waals surface area contributed by atoms with E-state index in [1.54, 1.807) is 0 Å². The third kappa shape index (κ3) is 34.6. The number of rotatable bonds is 37. The Morgan fingerprint density at radius 2 is 1.16 bits per heavy atom. The minimum Gasteiger partial charge on any atom is -0.480 e. The van der Waals surface area contributed by atoms with Crippen LogP contribution in [0, 0.1) is 0 Å². The normalized spacial score (nSPS) is 14.5. The third-order valence-corrected chi connectivity index (χ3v) is 9.13. The Kier molecular flexibility index (Phi) is 34.3. The number of carbonyl (C=O) groups excluding carboxylic acids is 1. The molecule has 10 nitrogen and oxygen atoms in total. The van der Waals surface area contributed by atoms with E-state index in [1.807, 2.05) is 0 Å². The van der Waals surface area contributed by atoms with Crippen molar-refractivity contribution in [2.24, 2.45) is 5.73 Å². The number of carboxylic acids is 1. The predicted molar refractivity (Wildman–Crippen MR) is 203 cm³/mol. The van der Waals surface area contributed by atoms with Gasteiger partial charge < -0.3 is 25.2 Å². The van der Waals surface area contributed by atoms with E-state index >= 15 is 0 Å². The molecule has 0 aliphatic carbocycles. The Hall–Kier alpha value is -1.81. The van der Waals surface area contributed by atoms with Crippen LogP contribution in [0.2, 0.25) is 0 Å². The second-order valence-electron chi connectivity index (χ2n) is 13.0. The van der Waals surface area contributed by atoms with E-state index in [1.165, 1.54) is 64.2 Å². The van der Waals surface area contributed by atoms with Crippen LogP contribution in [0.15, 0.2) is 36.5 Å². The molecule has 0 aromatic carbocycles. The van der Waals surface area contributed by atoms with Gasteiger partial charge in [0.15, 0.2) is 0 Å². The van der Waals surface area contributed by atoms with Gasteiger partial charge in [0.1, 0.15) is 12.1 Å². The van der Waals surface area contributed by atoms with Gasteiger partial charge >= 0.3 is 19.8 Å². The molecule has 0 aliphatic rings. The molecule has 0 aliphatic heterocycles. The van der Waals surface area contributed by atoms with Crippen LogP contribution in [-0.2, 0) is 32.7 Å². The van der Waals surface area contributed by atoms with Crippen LogP contribution in [0.3, 0.4) is 0 Å². The standard InChI is InChI=1S/C39H72NO9P/c1-3-5-7-9-11-13-15-17-18-19-21-23-25-27-29-31-38(41)49-36(34-47-50(44,45)48-35-37(40)39(42)43)33-46-32-30-28-26-24-22-20-16-14-12-10-8-6-4-2/h5,7,11,13,17-18,36-37H,3-4,6,8-10,12,14-16,19-35,40H2,1-2H3,(H,42,43)(H,44,45)/b7-5-,13-11-,18-17-. The fraction of sp³-hybridized carbons (Fsp3) is 0.795. The zero-order valence-electron chi connectivity index (χ0n) is 31.5. The summed E-state index contributed by atoms with van der Waals surface area (Å²) in [5.41, 5.74) is 5.34. The second kappa shape index (κ2) is 35.6. The van der Waals surface area contributed by atoms with Gasteiger partial charge in [-0.05, 0) is 44.9 Å². The molecule has 0 spiro atoms. The number of esters is 1. The largest absolute Gasteiger partial charge is 0.480 e. The molecule has 11 heteroatoms. The molecule has 3 unspecified atom stereocenters. The Balaban J connectivity index is 4.32. The third-order valence-electron chi connectivity index (χ3n) is 8.18. The molecule has 0 amide bonds. The minimum absolute atomic E-state index is 0.0118. The number of phosphoric acid groups is 1. The average Bonchev–Trinajstić information content (AvgIpc) is 3.09. The van der Waals surface area contributed by atoms with E-state index in [0.29, 0.717) is 13.0 Å². The molecule has 292 valence electrons. The number of phosphoric ester groups is 1. The summed E-state index contributed by atoms with van der Waals surface area (Å²) in [4.78, 5) is 33.4. The van der Waals surface area contributed by atoms with E-state index in [-0.39, 0.29) is 13.0 Å². The number of carbonyl (C=O) groups is 2. The lowest BCUT2D eigenvalue weighted by molar-refractivity contribution is -0.154. The SMILES string of the molecule is CC/C=C\C/C=C\C/C=C\CCCCCCCC(=O)OC(COCCCCCCCCCCCCCCC)COP(=O)(O)OCC(N)C(=O)O. The second-order valence-corrected chi connectivity index (χ2v) is 14.5. The van der Waals surface area contributed by atoms with Crippen molar-refractivity contribution in [1.82, 2.24) is 0 Å². The van der Waals surface area contributed by atoms with Crippen LogP contribution < -0.4 is 5.73 Å². The van der Waals surface area contributed by atoms with Gasteiger partial charge in [-0.25, -0.2) is 4.57 Å². The molecule has 0 aromatic heterocycles. The van der Waals surface area contributed by atoms with Gasteiger partial charge in [0.2, 0.25) is 0 Å². The molecule has 0 aromatic rings. The summed E-state index contributed by atoms with van der Waals surface area (Å²) in [6.45, 7) is 3.74. The summed E-state index contributed by atoms with van der Waals surface area (Å²) in [6.07, 6.45) is 37.6. The molecule has 0 heterocycles. The number of hydrogen-bond donors (Lipinski definition) is 3. The Labute approximate surface area is 304 Å². The van der Waals surface area contributed by atoms with Crippen molar-refractivity contribution < 1.29 is 42.7 Å². The number of unbranched alkanes of at least 4 members (excludes halogenated alkanes) is 17. The van der Waals surface area contributed by atoms with Crippen molar-refractivity contribution in [3.05, 3.63) is 36.5 Å². The zero-order chi connectivity index (χ0) is 37.0. The average molecular weight is 730 g/mol. The highest BCUT2D eigenvalue weighted by Crippen LogP contribution is 2.43. The van der Waals surface area contributed by atoms with Crippen LogP contribution in [0.1, 0.15) is 162 Å². The zero-order valence-corrected chi connectivity index (χ0v) is 32.4. The summed E-state index contributed by atoms with van der Waals surface area (Å²) in [6, 6.07) is -1.47. The van der Waals surface area contributed by atoms with Crippen LogP contribution >= 0.6 is 7.82 Å². The van der Waals surface area contributed by atoms with Crippen molar-refractivity contribution in [3.8, 4) is 0 Å². The van der Waals surface area contributed by atoms with Gasteiger partial charge in [-0.1, -0.05) is 147 Å². The van der Waals surface area contributed by atoms with Gasteiger partial charge in [-0.15, -0.1) is 0 Å². The van der Waals surface area contributed by atoms with Crippen LogP contribution in [-0.4, -0.2) is 60.5 Å². The Bertz CT molecular complexity index is 941. The maximum absolute atomic E-state index is 12.6. The summed E-state index contributed by atoms with van der Waals surface area (Å²) in [5, 5.41) is 8.87. The molecule has 0 saturated carbocycles. The molecule has 0 saturated heterocycles. The highest BCUT2D eigenvalue weighted by molar-refractivity contribution is 7.47. The van der Waals surface area contributed by atoms with E-state index in [2.05, 4.69) is 50.3 Å². The number of hydrogen-bond acceptors (Lipinski definition) is 8. The van der Waals surface area contributed by atoms with E-state index < -0.39 is 45.1 Å². The summed E-state index contributed by atoms with van der Waals surface area (Å²) in [5.74, 6) is -1.80. The highest BCUT2D eigenvalue weighted by Gasteiger charge is 2.27. The Morgan fingerprint density at radius 1 is 0.660 bits per heavy atom. The molecule has 0 rings (SSSR count). The molecule has 4 N–H and O–H groups in total. The first-order valence-corrected chi connectivity index (χ1v) is 21.0. The van der Waals surface area contributed by atoms with Crippen molar-refractivity contribution in [2.45, 2.75) is 174 Å². The minimum atomic E-state index is -4.61. The molecule has 0 radical (unpaired) electrons. The predicted octanol–water partition coefficient (Wildman–Crippen LogP) is 10.1. The van der Waals surface area contributed by atoms with Crippen molar-refractivity contribution in [1.29, 1.82) is 0 Å². The van der Waals surface area contributed by atoms with Crippen molar-refractivity contribution in [2.75, 3.05) is 26.4 Å². The first-order valence-electron chi connectivity index (χ1n) is 19.5. The van der Waals surface area contributed by atoms with Crippen LogP contribution in [0.4, 0.5) is 0 Å². The fourth-order valence-electron chi connectivity index (χ4n) is 5.15. The number of nitrogens with two attached hydrogens (primary N) is 1. The van der Waals surface area contributed by atoms with Gasteiger partial charge in [0.05, 0.1) is 19.8 Å². The lowest BCUT2D eigenvalue weighted by Gasteiger charge is -2.20. The quantitative estimate of drug-likeness (QED) is 0.0243. The molecular weight excluding hydrogens is 657 g/mol. The first kappa shape index (κ1) is 48.2. The van der Waals surface area contributed by atoms with E-state index in [9.17, 15) is 19.0 Å². The van der Waals surface area contributed by atoms with Gasteiger partial charge in [-0.2, -0.15) is 0 Å². The lowest BCUT2D eigenvalue weighted by Crippen LogP contribution is -2.34. The molecular formula is C39H72NO9P. The summed E-state index contributed by atoms with van der Waals surface area (Å²) in [7, 11) is -4.61. The number of ether oxygens (including phenoxy) is 2. The lowest BCUT2D eigenvalue weighted by atomic mass is 10.0. The molecule has 0 fully saturated rings. The topological polar surface area (TPSA) is 155 Å². The van der Waals surface area contributed by atoms with Crippen LogP contribution in [0.5, 0.6) is 0 Å². The molecule has 0 bridgehead atoms. The smallest absolute Gasteiger partial charge is 0.472 e. The van der Waals surface area contributed by atoms with Crippen molar-refractivity contribution >= 4 is 19.8 Å². The van der Waals surface area contributed by atoms with Crippen molar-refractivity contribution in [3.63, 3.8) is 0 Å². The monoisotopic (exact) mass is 729 g/mol. The molecule has 3 atom stereocenters. The number of aliphatic carboxylic acids is 1. The van der Waals surface area contributed by atoms with E-state index in [0.717, 1.165) is 70.6 Å². The maximum atomic E-state index is 12.6. The first-order chi connectivity index (χ1) is 24.2. The van der Waals surface area contributed by atoms with Crippen LogP contribution in [0.25, 0.3) is 0 Å². The van der Waals surface area contributed by atoms with Gasteiger partial charge in [0.25, 0.3) is 0 Å². The van der Waals surface area contributed by atoms with Gasteiger partial charge in [-0.3, -0.25) is 18.6 Å². The Morgan fingerprint density at radius 3 is 1.74 bits per heavy atom.